The van der Waals surface area contributed by atoms with Crippen LogP contribution in [0, 0.1) is 11.7 Å². The van der Waals surface area contributed by atoms with Crippen molar-refractivity contribution in [2.45, 2.75) is 24.7 Å². The minimum atomic E-state index is -3.67. The first-order chi connectivity index (χ1) is 15.9. The van der Waals surface area contributed by atoms with E-state index in [4.69, 9.17) is 4.74 Å². The standard InChI is InChI=1S/C24H30FN3O4S/c1-2-32-22-9-11-23(12-10-22)33(30,31)28-13-3-4-19(18-28)24(29)27-16-14-26(15-17-27)21-7-5-20(25)6-8-21/h5-12,19H,2-4,13-18H2,1H3/t19-/m1/s1. The molecule has 2 aliphatic heterocycles. The third-order valence-corrected chi connectivity index (χ3v) is 8.17. The first-order valence-corrected chi connectivity index (χ1v) is 12.8. The molecule has 33 heavy (non-hydrogen) atoms. The van der Waals surface area contributed by atoms with Gasteiger partial charge in [-0.3, -0.25) is 4.79 Å². The van der Waals surface area contributed by atoms with E-state index in [2.05, 4.69) is 4.90 Å². The second kappa shape index (κ2) is 10.1. The van der Waals surface area contributed by atoms with Gasteiger partial charge in [0.2, 0.25) is 15.9 Å². The Kier molecular flexibility index (Phi) is 7.19. The molecule has 2 fully saturated rings. The quantitative estimate of drug-likeness (QED) is 0.643. The molecule has 1 amide bonds. The number of piperazine rings is 1. The molecule has 2 aromatic carbocycles. The van der Waals surface area contributed by atoms with E-state index in [0.29, 0.717) is 57.9 Å². The summed E-state index contributed by atoms with van der Waals surface area (Å²) in [5.74, 6) is 0.0338. The van der Waals surface area contributed by atoms with Crippen LogP contribution in [0.3, 0.4) is 0 Å². The van der Waals surface area contributed by atoms with Crippen molar-refractivity contribution in [2.24, 2.45) is 5.92 Å². The van der Waals surface area contributed by atoms with E-state index < -0.39 is 10.0 Å². The summed E-state index contributed by atoms with van der Waals surface area (Å²) in [5, 5.41) is 0. The number of benzene rings is 2. The Labute approximate surface area is 194 Å². The maximum Gasteiger partial charge on any atom is 0.243 e. The molecule has 0 saturated carbocycles. The van der Waals surface area contributed by atoms with Crippen LogP contribution < -0.4 is 9.64 Å². The third-order valence-electron chi connectivity index (χ3n) is 6.29. The zero-order valence-corrected chi connectivity index (χ0v) is 19.6. The zero-order chi connectivity index (χ0) is 23.4. The molecule has 0 unspecified atom stereocenters. The highest BCUT2D eigenvalue weighted by Gasteiger charge is 2.35. The van der Waals surface area contributed by atoms with Crippen molar-refractivity contribution in [2.75, 3.05) is 50.8 Å². The maximum absolute atomic E-state index is 13.2. The second-order valence-corrected chi connectivity index (χ2v) is 10.3. The van der Waals surface area contributed by atoms with Gasteiger partial charge in [-0.15, -0.1) is 0 Å². The number of carbonyl (C=O) groups is 1. The van der Waals surface area contributed by atoms with Gasteiger partial charge in [-0.05, 0) is 68.3 Å². The summed E-state index contributed by atoms with van der Waals surface area (Å²) >= 11 is 0. The van der Waals surface area contributed by atoms with Gasteiger partial charge in [-0.2, -0.15) is 4.31 Å². The fourth-order valence-electron chi connectivity index (χ4n) is 4.48. The molecular weight excluding hydrogens is 445 g/mol. The number of amides is 1. The van der Waals surface area contributed by atoms with Gasteiger partial charge in [0, 0.05) is 45.0 Å². The maximum atomic E-state index is 13.2. The van der Waals surface area contributed by atoms with Crippen molar-refractivity contribution in [3.8, 4) is 5.75 Å². The topological polar surface area (TPSA) is 70.2 Å². The highest BCUT2D eigenvalue weighted by atomic mass is 32.2. The number of ether oxygens (including phenoxy) is 1. The molecule has 0 bridgehead atoms. The fraction of sp³-hybridized carbons (Fsp3) is 0.458. The number of hydrogen-bond donors (Lipinski definition) is 0. The van der Waals surface area contributed by atoms with E-state index in [-0.39, 0.29) is 29.1 Å². The van der Waals surface area contributed by atoms with Gasteiger partial charge in [0.25, 0.3) is 0 Å². The van der Waals surface area contributed by atoms with Crippen molar-refractivity contribution in [1.82, 2.24) is 9.21 Å². The molecule has 1 atom stereocenters. The Morgan fingerprint density at radius 3 is 2.30 bits per heavy atom. The average Bonchev–Trinajstić information content (AvgIpc) is 2.85. The van der Waals surface area contributed by atoms with Crippen LogP contribution >= 0.6 is 0 Å². The molecule has 9 heteroatoms. The number of hydrogen-bond acceptors (Lipinski definition) is 5. The van der Waals surface area contributed by atoms with Gasteiger partial charge in [0.05, 0.1) is 17.4 Å². The molecule has 2 saturated heterocycles. The Balaban J connectivity index is 1.37. The smallest absolute Gasteiger partial charge is 0.243 e. The van der Waals surface area contributed by atoms with Crippen LogP contribution in [-0.4, -0.2) is 69.4 Å². The average molecular weight is 476 g/mol. The van der Waals surface area contributed by atoms with Gasteiger partial charge >= 0.3 is 0 Å². The molecule has 0 N–H and O–H groups in total. The fourth-order valence-corrected chi connectivity index (χ4v) is 6.00. The molecule has 0 radical (unpaired) electrons. The molecular formula is C24H30FN3O4S. The number of sulfonamides is 1. The summed E-state index contributed by atoms with van der Waals surface area (Å²) in [4.78, 5) is 17.4. The molecule has 2 aromatic rings. The molecule has 178 valence electrons. The van der Waals surface area contributed by atoms with E-state index in [1.807, 2.05) is 11.8 Å². The van der Waals surface area contributed by atoms with Crippen molar-refractivity contribution in [3.63, 3.8) is 0 Å². The summed E-state index contributed by atoms with van der Waals surface area (Å²) in [6, 6.07) is 12.8. The number of nitrogens with zero attached hydrogens (tertiary/aromatic N) is 3. The second-order valence-electron chi connectivity index (χ2n) is 8.40. The summed E-state index contributed by atoms with van der Waals surface area (Å²) in [6.07, 6.45) is 1.34. The van der Waals surface area contributed by atoms with Gasteiger partial charge in [-0.25, -0.2) is 12.8 Å². The van der Waals surface area contributed by atoms with E-state index in [1.54, 1.807) is 36.4 Å². The number of piperidine rings is 1. The van der Waals surface area contributed by atoms with Crippen LogP contribution in [0.25, 0.3) is 0 Å². The summed E-state index contributed by atoms with van der Waals surface area (Å²) in [5.41, 5.74) is 0.939. The van der Waals surface area contributed by atoms with Crippen molar-refractivity contribution in [1.29, 1.82) is 0 Å². The number of carbonyl (C=O) groups excluding carboxylic acids is 1. The van der Waals surface area contributed by atoms with Crippen LogP contribution in [0.15, 0.2) is 53.4 Å². The van der Waals surface area contributed by atoms with Crippen LogP contribution in [0.5, 0.6) is 5.75 Å². The Bertz CT molecular complexity index is 1050. The third kappa shape index (κ3) is 5.30. The predicted molar refractivity (Wildman–Crippen MR) is 124 cm³/mol. The lowest BCUT2D eigenvalue weighted by molar-refractivity contribution is -0.137. The van der Waals surface area contributed by atoms with Crippen LogP contribution in [0.4, 0.5) is 10.1 Å². The molecule has 2 aliphatic rings. The van der Waals surface area contributed by atoms with Crippen LogP contribution in [-0.2, 0) is 14.8 Å². The number of rotatable bonds is 6. The normalized spacial score (nSPS) is 20.0. The van der Waals surface area contributed by atoms with Gasteiger partial charge in [0.15, 0.2) is 0 Å². The lowest BCUT2D eigenvalue weighted by Gasteiger charge is -2.39. The van der Waals surface area contributed by atoms with E-state index in [0.717, 1.165) is 5.69 Å². The summed E-state index contributed by atoms with van der Waals surface area (Å²) in [7, 11) is -3.67. The largest absolute Gasteiger partial charge is 0.494 e. The Morgan fingerprint density at radius 2 is 1.67 bits per heavy atom. The number of halogens is 1. The highest BCUT2D eigenvalue weighted by Crippen LogP contribution is 2.27. The monoisotopic (exact) mass is 475 g/mol. The highest BCUT2D eigenvalue weighted by molar-refractivity contribution is 7.89. The Hall–Kier alpha value is -2.65. The minimum absolute atomic E-state index is 0.0142. The van der Waals surface area contributed by atoms with E-state index >= 15 is 0 Å². The van der Waals surface area contributed by atoms with Crippen molar-refractivity contribution < 1.29 is 22.3 Å². The minimum Gasteiger partial charge on any atom is -0.494 e. The van der Waals surface area contributed by atoms with E-state index in [1.165, 1.54) is 16.4 Å². The first-order valence-electron chi connectivity index (χ1n) is 11.4. The molecule has 0 aromatic heterocycles. The molecule has 0 aliphatic carbocycles. The molecule has 7 nitrogen and oxygen atoms in total. The lowest BCUT2D eigenvalue weighted by Crippen LogP contribution is -2.53. The summed E-state index contributed by atoms with van der Waals surface area (Å²) < 4.78 is 46.3. The lowest BCUT2D eigenvalue weighted by atomic mass is 9.97. The molecule has 2 heterocycles. The molecule has 0 spiro atoms. The first kappa shape index (κ1) is 23.5. The molecule has 4 rings (SSSR count). The Morgan fingerprint density at radius 1 is 1.00 bits per heavy atom. The van der Waals surface area contributed by atoms with Crippen molar-refractivity contribution >= 4 is 21.6 Å². The zero-order valence-electron chi connectivity index (χ0n) is 18.8. The number of anilines is 1. The van der Waals surface area contributed by atoms with E-state index in [9.17, 15) is 17.6 Å². The van der Waals surface area contributed by atoms with Gasteiger partial charge in [-0.1, -0.05) is 0 Å². The predicted octanol–water partition coefficient (Wildman–Crippen LogP) is 2.97. The van der Waals surface area contributed by atoms with Crippen LogP contribution in [0.2, 0.25) is 0 Å². The van der Waals surface area contributed by atoms with Crippen molar-refractivity contribution in [3.05, 3.63) is 54.3 Å². The van der Waals surface area contributed by atoms with Gasteiger partial charge in [0.1, 0.15) is 11.6 Å². The summed E-state index contributed by atoms with van der Waals surface area (Å²) in [6.45, 7) is 5.47. The SMILES string of the molecule is CCOc1ccc(S(=O)(=O)N2CCC[C@@H](C(=O)N3CCN(c4ccc(F)cc4)CC3)C2)cc1. The van der Waals surface area contributed by atoms with Gasteiger partial charge < -0.3 is 14.5 Å². The van der Waals surface area contributed by atoms with Crippen LogP contribution in [0.1, 0.15) is 19.8 Å².